The first-order valence-electron chi connectivity index (χ1n) is 11.0. The molecular formula is C21H29F3N2O3. The molecule has 0 spiro atoms. The van der Waals surface area contributed by atoms with Gasteiger partial charge in [0.15, 0.2) is 0 Å². The number of carboxylic acid groups (broad SMARTS) is 1. The molecule has 8 heteroatoms. The van der Waals surface area contributed by atoms with E-state index in [-0.39, 0.29) is 29.9 Å². The number of benzene rings is 1. The summed E-state index contributed by atoms with van der Waals surface area (Å²) in [6, 6.07) is 3.71. The summed E-state index contributed by atoms with van der Waals surface area (Å²) in [7, 11) is 0. The topological polar surface area (TPSA) is 71.2 Å². The summed E-state index contributed by atoms with van der Waals surface area (Å²) < 4.78 is 61.4. The van der Waals surface area contributed by atoms with Crippen molar-refractivity contribution in [2.45, 2.75) is 82.9 Å². The van der Waals surface area contributed by atoms with Crippen LogP contribution in [0.5, 0.6) is 5.75 Å². The first-order valence-corrected chi connectivity index (χ1v) is 9.98. The molecule has 1 aliphatic heterocycles. The lowest BCUT2D eigenvalue weighted by atomic mass is 10.0. The number of carboxylic acids is 1. The Morgan fingerprint density at radius 3 is 2.21 bits per heavy atom. The van der Waals surface area contributed by atoms with E-state index >= 15 is 0 Å². The van der Waals surface area contributed by atoms with Gasteiger partial charge in [0.1, 0.15) is 5.75 Å². The van der Waals surface area contributed by atoms with Crippen LogP contribution in [-0.2, 0) is 16.8 Å². The maximum absolute atomic E-state index is 13.3. The van der Waals surface area contributed by atoms with Crippen molar-refractivity contribution in [1.29, 1.82) is 0 Å². The fraction of sp³-hybridized carbons (Fsp3) is 0.667. The number of hydrogen-bond acceptors (Lipinski definition) is 4. The van der Waals surface area contributed by atoms with Gasteiger partial charge in [0, 0.05) is 14.7 Å². The average Bonchev–Trinajstić information content (AvgIpc) is 3.47. The minimum absolute atomic E-state index is 0.0874. The quantitative estimate of drug-likeness (QED) is 0.281. The van der Waals surface area contributed by atoms with E-state index in [1.54, 1.807) is 0 Å². The fourth-order valence-corrected chi connectivity index (χ4v) is 3.13. The molecule has 1 heterocycles. The Morgan fingerprint density at radius 2 is 1.69 bits per heavy atom. The molecule has 0 aromatic heterocycles. The predicted molar refractivity (Wildman–Crippen MR) is 103 cm³/mol. The average molecular weight is 417 g/mol. The van der Waals surface area contributed by atoms with Crippen molar-refractivity contribution in [3.8, 4) is 5.75 Å². The minimum Gasteiger partial charge on any atom is -0.493 e. The molecule has 1 N–H and O–H groups in total. The SMILES string of the molecule is [2H][13C]([2H])(C)c1ccc(C2(C(F)(F)F)N=N2)cc1OCCCCCCCCCCC(=O)O. The molecule has 0 amide bonds. The van der Waals surface area contributed by atoms with Crippen LogP contribution in [0.2, 0.25) is 0 Å². The molecule has 0 aliphatic carbocycles. The number of unbranched alkanes of at least 4 members (excludes halogenated alkanes) is 7. The number of carbonyl (C=O) groups is 1. The molecule has 1 aliphatic rings. The molecule has 0 fully saturated rings. The van der Waals surface area contributed by atoms with Crippen LogP contribution in [0.25, 0.3) is 0 Å². The number of ether oxygens (including phenoxy) is 1. The molecule has 0 saturated heterocycles. The van der Waals surface area contributed by atoms with Crippen LogP contribution < -0.4 is 4.74 Å². The van der Waals surface area contributed by atoms with Gasteiger partial charge in [0.05, 0.1) is 6.61 Å². The highest BCUT2D eigenvalue weighted by atomic mass is 19.4. The van der Waals surface area contributed by atoms with E-state index in [9.17, 15) is 18.0 Å². The number of hydrogen-bond donors (Lipinski definition) is 1. The summed E-state index contributed by atoms with van der Waals surface area (Å²) in [6.45, 7) is 1.61. The van der Waals surface area contributed by atoms with E-state index in [0.29, 0.717) is 12.8 Å². The van der Waals surface area contributed by atoms with Gasteiger partial charge < -0.3 is 9.84 Å². The van der Waals surface area contributed by atoms with Gasteiger partial charge >= 0.3 is 17.8 Å². The Hall–Kier alpha value is -2.12. The largest absolute Gasteiger partial charge is 0.493 e. The molecule has 0 bridgehead atoms. The first kappa shape index (κ1) is 20.2. The summed E-state index contributed by atoms with van der Waals surface area (Å²) in [5, 5.41) is 15.0. The second-order valence-electron chi connectivity index (χ2n) is 7.15. The molecule has 0 radical (unpaired) electrons. The van der Waals surface area contributed by atoms with E-state index in [2.05, 4.69) is 10.2 Å². The van der Waals surface area contributed by atoms with Gasteiger partial charge in [-0.1, -0.05) is 57.6 Å². The molecule has 0 unspecified atom stereocenters. The number of nitrogens with zero attached hydrogens (tertiary/aromatic N) is 2. The molecule has 29 heavy (non-hydrogen) atoms. The lowest BCUT2D eigenvalue weighted by Gasteiger charge is -2.17. The van der Waals surface area contributed by atoms with Gasteiger partial charge in [-0.25, -0.2) is 0 Å². The highest BCUT2D eigenvalue weighted by Crippen LogP contribution is 2.53. The van der Waals surface area contributed by atoms with Crippen LogP contribution in [0.4, 0.5) is 13.2 Å². The van der Waals surface area contributed by atoms with Crippen molar-refractivity contribution in [2.24, 2.45) is 10.2 Å². The van der Waals surface area contributed by atoms with Crippen LogP contribution in [-0.4, -0.2) is 23.9 Å². The number of aliphatic carboxylic acids is 1. The molecule has 1 aromatic rings. The third-order valence-corrected chi connectivity index (χ3v) is 4.89. The van der Waals surface area contributed by atoms with Crippen LogP contribution in [0.3, 0.4) is 0 Å². The van der Waals surface area contributed by atoms with Crippen molar-refractivity contribution >= 4 is 5.97 Å². The highest BCUT2D eigenvalue weighted by molar-refractivity contribution is 5.66. The standard InChI is InChI=1S/C21H29F3N2O3/c1-2-16-12-13-17(20(25-26-20)21(22,23)24)15-18(16)29-14-10-8-6-4-3-5-7-9-11-19(27)28/h12-13,15H,2-11,14H2,1H3,(H,27,28)/i2+1D2. The number of aryl methyl sites for hydroxylation is 1. The lowest BCUT2D eigenvalue weighted by Crippen LogP contribution is -2.30. The molecule has 5 nitrogen and oxygen atoms in total. The van der Waals surface area contributed by atoms with E-state index in [4.69, 9.17) is 12.6 Å². The van der Waals surface area contributed by atoms with Gasteiger partial charge in [-0.3, -0.25) is 4.79 Å². The van der Waals surface area contributed by atoms with Gasteiger partial charge in [0.25, 0.3) is 0 Å². The van der Waals surface area contributed by atoms with E-state index in [1.165, 1.54) is 25.1 Å². The van der Waals surface area contributed by atoms with Crippen molar-refractivity contribution in [1.82, 2.24) is 0 Å². The van der Waals surface area contributed by atoms with E-state index < -0.39 is 24.2 Å². The van der Waals surface area contributed by atoms with Gasteiger partial charge in [-0.05, 0) is 30.8 Å². The highest BCUT2D eigenvalue weighted by Gasteiger charge is 2.65. The lowest BCUT2D eigenvalue weighted by molar-refractivity contribution is -0.166. The Kier molecular flexibility index (Phi) is 7.37. The first-order chi connectivity index (χ1) is 14.5. The number of alkyl halides is 3. The van der Waals surface area contributed by atoms with Crippen LogP contribution in [0.15, 0.2) is 28.4 Å². The zero-order valence-corrected chi connectivity index (χ0v) is 16.6. The number of rotatable bonds is 14. The Labute approximate surface area is 172 Å². The second-order valence-corrected chi connectivity index (χ2v) is 7.15. The minimum atomic E-state index is -4.65. The Balaban J connectivity index is 1.80. The Morgan fingerprint density at radius 1 is 1.10 bits per heavy atom. The molecule has 0 saturated carbocycles. The third-order valence-electron chi connectivity index (χ3n) is 4.89. The van der Waals surface area contributed by atoms with E-state index in [1.807, 2.05) is 0 Å². The summed E-state index contributed by atoms with van der Waals surface area (Å²) in [6.07, 6.45) is 1.05. The maximum atomic E-state index is 13.3. The van der Waals surface area contributed by atoms with Gasteiger partial charge in [-0.2, -0.15) is 13.2 Å². The van der Waals surface area contributed by atoms with E-state index in [0.717, 1.165) is 38.5 Å². The molecule has 0 atom stereocenters. The smallest absolute Gasteiger partial charge is 0.442 e. The normalized spacial score (nSPS) is 16.3. The van der Waals surface area contributed by atoms with Crippen molar-refractivity contribution in [3.63, 3.8) is 0 Å². The monoisotopic (exact) mass is 417 g/mol. The van der Waals surface area contributed by atoms with Crippen molar-refractivity contribution < 1.29 is 30.6 Å². The maximum Gasteiger partial charge on any atom is 0.442 e. The molecule has 2 rings (SSSR count). The number of halogens is 3. The van der Waals surface area contributed by atoms with Gasteiger partial charge in [-0.15, -0.1) is 10.2 Å². The van der Waals surface area contributed by atoms with Crippen LogP contribution >= 0.6 is 0 Å². The fourth-order valence-electron chi connectivity index (χ4n) is 3.13. The molecular weight excluding hydrogens is 386 g/mol. The zero-order chi connectivity index (χ0) is 23.1. The second kappa shape index (κ2) is 10.6. The third kappa shape index (κ3) is 6.72. The zero-order valence-electron chi connectivity index (χ0n) is 18.6. The molecule has 162 valence electrons. The molecule has 1 aromatic carbocycles. The summed E-state index contributed by atoms with van der Waals surface area (Å²) in [5.41, 5.74) is -2.55. The summed E-state index contributed by atoms with van der Waals surface area (Å²) in [4.78, 5) is 10.4. The van der Waals surface area contributed by atoms with Crippen molar-refractivity contribution in [3.05, 3.63) is 29.3 Å². The van der Waals surface area contributed by atoms with Crippen LogP contribution in [0, 0.1) is 0 Å². The van der Waals surface area contributed by atoms with Gasteiger partial charge in [0.2, 0.25) is 0 Å². The summed E-state index contributed by atoms with van der Waals surface area (Å²) in [5.74, 6) is -0.677. The Bertz CT molecular complexity index is 774. The predicted octanol–water partition coefficient (Wildman–Crippen LogP) is 6.40. The van der Waals surface area contributed by atoms with Crippen LogP contribution in [0.1, 0.15) is 78.6 Å². The van der Waals surface area contributed by atoms with Crippen molar-refractivity contribution in [2.75, 3.05) is 6.61 Å². The summed E-state index contributed by atoms with van der Waals surface area (Å²) >= 11 is 0.